The number of halogens is 1. The number of phenols is 1. The van der Waals surface area contributed by atoms with Crippen molar-refractivity contribution < 1.29 is 54.2 Å². The van der Waals surface area contributed by atoms with Gasteiger partial charge in [0.15, 0.2) is 5.43 Å². The van der Waals surface area contributed by atoms with Crippen LogP contribution in [-0.4, -0.2) is 86.0 Å². The Morgan fingerprint density at radius 1 is 0.758 bits per heavy atom. The van der Waals surface area contributed by atoms with Gasteiger partial charge in [-0.05, 0) is 89.5 Å². The number of nitrogens with one attached hydrogen (secondary N) is 2. The molecule has 7 rings (SSSR count). The Balaban J connectivity index is 0.870. The Labute approximate surface area is 360 Å². The first-order valence-electron chi connectivity index (χ1n) is 20.1. The number of fused-ring (bicyclic) bond motifs is 2. The number of aliphatic hydroxyl groups excluding tert-OH is 4. The SMILES string of the molecule is O=C(CCCCCNC(=O)c1ccc(-c2c3ccc(=O)cc-3oc3cc(O)ccc23)c(C(=O)O)c1)NCc1ccc(Cc2cc([C@@H]3O[C@H](CO)[C@@H](O)[C@H](O)[C@H]3O)ccc2Cl)cc1. The van der Waals surface area contributed by atoms with Gasteiger partial charge in [-0.1, -0.05) is 60.5 Å². The summed E-state index contributed by atoms with van der Waals surface area (Å²) in [5, 5.41) is 67.5. The van der Waals surface area contributed by atoms with E-state index in [4.69, 9.17) is 20.8 Å². The third kappa shape index (κ3) is 9.81. The number of amides is 2. The van der Waals surface area contributed by atoms with E-state index < -0.39 is 49.0 Å². The van der Waals surface area contributed by atoms with Gasteiger partial charge in [0.05, 0.1) is 12.2 Å². The summed E-state index contributed by atoms with van der Waals surface area (Å²) in [5.41, 5.74) is 4.37. The van der Waals surface area contributed by atoms with Crippen LogP contribution in [0.4, 0.5) is 0 Å². The van der Waals surface area contributed by atoms with E-state index >= 15 is 0 Å². The molecule has 0 bridgehead atoms. The van der Waals surface area contributed by atoms with Crippen LogP contribution in [0.1, 0.15) is 74.8 Å². The minimum Gasteiger partial charge on any atom is -0.508 e. The van der Waals surface area contributed by atoms with Crippen molar-refractivity contribution >= 4 is 40.4 Å². The Kier molecular flexibility index (Phi) is 13.7. The molecule has 2 amide bonds. The zero-order valence-corrected chi connectivity index (χ0v) is 34.0. The van der Waals surface area contributed by atoms with E-state index in [9.17, 15) is 49.8 Å². The summed E-state index contributed by atoms with van der Waals surface area (Å²) < 4.78 is 11.6. The Morgan fingerprint density at radius 2 is 1.52 bits per heavy atom. The number of phenolic OH excluding ortho intramolecular Hbond substituents is 1. The van der Waals surface area contributed by atoms with E-state index in [-0.39, 0.29) is 39.6 Å². The van der Waals surface area contributed by atoms with Crippen LogP contribution in [0.5, 0.6) is 5.75 Å². The van der Waals surface area contributed by atoms with Gasteiger partial charge in [0, 0.05) is 58.7 Å². The summed E-state index contributed by atoms with van der Waals surface area (Å²) in [6.45, 7) is 0.121. The average molecular weight is 865 g/mol. The molecule has 1 aliphatic carbocycles. The molecular formula is C47H45ClN2O12. The van der Waals surface area contributed by atoms with Gasteiger partial charge in [-0.3, -0.25) is 14.4 Å². The van der Waals surface area contributed by atoms with Crippen molar-refractivity contribution in [3.05, 3.63) is 146 Å². The largest absolute Gasteiger partial charge is 0.508 e. The number of rotatable bonds is 15. The van der Waals surface area contributed by atoms with Crippen molar-refractivity contribution in [1.82, 2.24) is 10.6 Å². The summed E-state index contributed by atoms with van der Waals surface area (Å²) in [6, 6.07) is 25.8. The van der Waals surface area contributed by atoms with E-state index in [0.717, 1.165) is 16.7 Å². The number of aromatic hydroxyl groups is 1. The molecule has 3 aliphatic rings. The Bertz CT molecular complexity index is 2630. The van der Waals surface area contributed by atoms with Gasteiger partial charge in [0.25, 0.3) is 5.91 Å². The zero-order valence-electron chi connectivity index (χ0n) is 33.3. The fourth-order valence-electron chi connectivity index (χ4n) is 7.69. The maximum atomic E-state index is 13.1. The predicted octanol–water partition coefficient (Wildman–Crippen LogP) is 5.33. The van der Waals surface area contributed by atoms with Crippen molar-refractivity contribution in [1.29, 1.82) is 0 Å². The molecule has 1 fully saturated rings. The van der Waals surface area contributed by atoms with Gasteiger partial charge in [0.1, 0.15) is 47.6 Å². The first kappa shape index (κ1) is 43.9. The van der Waals surface area contributed by atoms with Gasteiger partial charge in [-0.15, -0.1) is 0 Å². The summed E-state index contributed by atoms with van der Waals surface area (Å²) in [4.78, 5) is 50.3. The van der Waals surface area contributed by atoms with E-state index in [2.05, 4.69) is 10.6 Å². The molecule has 0 saturated carbocycles. The van der Waals surface area contributed by atoms with E-state index in [0.29, 0.717) is 77.9 Å². The first-order valence-corrected chi connectivity index (χ1v) is 20.5. The minimum absolute atomic E-state index is 0.0665. The van der Waals surface area contributed by atoms with E-state index in [1.807, 2.05) is 24.3 Å². The molecule has 8 N–H and O–H groups in total. The van der Waals surface area contributed by atoms with Crippen LogP contribution in [0, 0.1) is 0 Å². The summed E-state index contributed by atoms with van der Waals surface area (Å²) >= 11 is 6.49. The second-order valence-corrected chi connectivity index (χ2v) is 15.7. The lowest BCUT2D eigenvalue weighted by Crippen LogP contribution is -2.55. The first-order chi connectivity index (χ1) is 29.8. The highest BCUT2D eigenvalue weighted by atomic mass is 35.5. The molecular weight excluding hydrogens is 820 g/mol. The number of ether oxygens (including phenoxy) is 1. The van der Waals surface area contributed by atoms with Crippen molar-refractivity contribution in [2.24, 2.45) is 0 Å². The monoisotopic (exact) mass is 864 g/mol. The van der Waals surface area contributed by atoms with Gasteiger partial charge >= 0.3 is 5.97 Å². The molecule has 4 aromatic carbocycles. The van der Waals surface area contributed by atoms with Gasteiger partial charge in [-0.2, -0.15) is 0 Å². The molecule has 4 aromatic rings. The second kappa shape index (κ2) is 19.3. The highest BCUT2D eigenvalue weighted by Gasteiger charge is 2.44. The lowest BCUT2D eigenvalue weighted by Gasteiger charge is -2.40. The number of hydrogen-bond donors (Lipinski definition) is 8. The number of benzene rings is 5. The molecule has 0 spiro atoms. The fourth-order valence-corrected chi connectivity index (χ4v) is 7.87. The number of aliphatic hydroxyl groups is 4. The summed E-state index contributed by atoms with van der Waals surface area (Å²) in [5.74, 6) is -1.67. The van der Waals surface area contributed by atoms with Crippen LogP contribution in [-0.2, 0) is 22.5 Å². The van der Waals surface area contributed by atoms with Crippen LogP contribution in [0.3, 0.4) is 0 Å². The van der Waals surface area contributed by atoms with Crippen LogP contribution in [0.2, 0.25) is 5.02 Å². The Morgan fingerprint density at radius 3 is 2.27 bits per heavy atom. The molecule has 5 atom stereocenters. The summed E-state index contributed by atoms with van der Waals surface area (Å²) in [7, 11) is 0. The predicted molar refractivity (Wildman–Crippen MR) is 229 cm³/mol. The average Bonchev–Trinajstić information content (AvgIpc) is 3.26. The molecule has 0 aromatic heterocycles. The number of hydrogen-bond acceptors (Lipinski definition) is 11. The number of carboxylic acid groups (broad SMARTS) is 1. The van der Waals surface area contributed by atoms with Crippen molar-refractivity contribution in [2.45, 2.75) is 69.2 Å². The molecule has 14 nitrogen and oxygen atoms in total. The van der Waals surface area contributed by atoms with Crippen LogP contribution < -0.4 is 16.1 Å². The molecule has 2 heterocycles. The second-order valence-electron chi connectivity index (χ2n) is 15.3. The van der Waals surface area contributed by atoms with Crippen molar-refractivity contribution in [3.8, 4) is 28.2 Å². The number of carbonyl (C=O) groups excluding carboxylic acids is 2. The van der Waals surface area contributed by atoms with Crippen molar-refractivity contribution in [3.63, 3.8) is 0 Å². The lowest BCUT2D eigenvalue weighted by atomic mass is 9.90. The topological polar surface area (TPSA) is 236 Å². The summed E-state index contributed by atoms with van der Waals surface area (Å²) in [6.07, 6.45) is -3.74. The van der Waals surface area contributed by atoms with Gasteiger partial charge in [-0.25, -0.2) is 4.79 Å². The standard InChI is InChI=1S/C47H45ClN2O12/c48-36-16-10-27(45-44(57)43(56)42(55)39(24-51)62-45)19-29(36)18-25-5-7-26(8-6-25)23-50-40(54)4-2-1-3-17-49-46(58)28-9-13-32(35(20-28)47(59)60)41-33-14-11-30(52)21-37(33)61-38-22-31(53)12-15-34(38)41/h5-16,19-22,39,42-45,51-52,55-57H,1-4,17-18,23-24H2,(H,49,58)(H,50,54)(H,59,60)/t39-,42-,43+,44-,45+/m1/s1. The van der Waals surface area contributed by atoms with Crippen LogP contribution in [0.25, 0.3) is 33.4 Å². The van der Waals surface area contributed by atoms with E-state index in [1.54, 1.807) is 36.4 Å². The maximum absolute atomic E-state index is 13.1. The van der Waals surface area contributed by atoms with Crippen LogP contribution in [0.15, 0.2) is 106 Å². The highest BCUT2D eigenvalue weighted by molar-refractivity contribution is 6.31. The molecule has 2 aliphatic heterocycles. The molecule has 0 radical (unpaired) electrons. The smallest absolute Gasteiger partial charge is 0.336 e. The lowest BCUT2D eigenvalue weighted by molar-refractivity contribution is -0.231. The zero-order chi connectivity index (χ0) is 44.1. The van der Waals surface area contributed by atoms with Crippen molar-refractivity contribution in [2.75, 3.05) is 13.2 Å². The normalized spacial score (nSPS) is 18.8. The molecule has 62 heavy (non-hydrogen) atoms. The number of carboxylic acids is 1. The molecule has 0 unspecified atom stereocenters. The third-order valence-electron chi connectivity index (χ3n) is 11.0. The number of aromatic carboxylic acids is 1. The van der Waals surface area contributed by atoms with Crippen LogP contribution >= 0.6 is 11.6 Å². The minimum atomic E-state index is -1.49. The van der Waals surface area contributed by atoms with E-state index in [1.165, 1.54) is 36.4 Å². The molecule has 15 heteroatoms. The van der Waals surface area contributed by atoms with Gasteiger partial charge in [0.2, 0.25) is 5.91 Å². The fraction of sp³-hybridized carbons (Fsp3) is 0.277. The highest BCUT2D eigenvalue weighted by Crippen LogP contribution is 2.42. The molecule has 1 saturated heterocycles. The third-order valence-corrected chi connectivity index (χ3v) is 11.4. The maximum Gasteiger partial charge on any atom is 0.336 e. The quantitative estimate of drug-likeness (QED) is 0.0483. The number of carbonyl (C=O) groups is 3. The molecule has 322 valence electrons. The van der Waals surface area contributed by atoms with Gasteiger partial charge < -0.3 is 50.4 Å². The number of unbranched alkanes of at least 4 members (excludes halogenated alkanes) is 2. The Hall–Kier alpha value is -6.13.